The van der Waals surface area contributed by atoms with Crippen LogP contribution in [0.3, 0.4) is 0 Å². The first-order valence-electron chi connectivity index (χ1n) is 2.92. The molecule has 6 nitrogen and oxygen atoms in total. The summed E-state index contributed by atoms with van der Waals surface area (Å²) >= 11 is 0. The fraction of sp³-hybridized carbons (Fsp3) is 0. The van der Waals surface area contributed by atoms with Crippen LogP contribution in [-0.4, -0.2) is 9.85 Å². The van der Waals surface area contributed by atoms with Crippen LogP contribution in [0.15, 0.2) is 18.2 Å². The van der Waals surface area contributed by atoms with Crippen LogP contribution in [0.1, 0.15) is 0 Å². The number of nitro benzene ring substituents is 2. The highest BCUT2D eigenvalue weighted by molar-refractivity contribution is 5.38. The minimum atomic E-state index is -0.663. The molecule has 0 spiro atoms. The van der Waals surface area contributed by atoms with Crippen molar-refractivity contribution in [3.63, 3.8) is 0 Å². The normalized spacial score (nSPS) is 9.33. The predicted molar refractivity (Wildman–Crippen MR) is 38.6 cm³/mol. The molecule has 1 aromatic carbocycles. The zero-order valence-corrected chi connectivity index (χ0v) is 5.76. The topological polar surface area (TPSA) is 86.3 Å². The van der Waals surface area contributed by atoms with Crippen molar-refractivity contribution >= 4 is 11.4 Å². The van der Waals surface area contributed by atoms with Crippen LogP contribution in [0.4, 0.5) is 11.4 Å². The van der Waals surface area contributed by atoms with E-state index in [9.17, 15) is 20.2 Å². The molecule has 12 heavy (non-hydrogen) atoms. The van der Waals surface area contributed by atoms with Crippen molar-refractivity contribution in [2.24, 2.45) is 0 Å². The summed E-state index contributed by atoms with van der Waals surface area (Å²) in [5.41, 5.74) is -0.485. The Morgan fingerprint density at radius 1 is 1.17 bits per heavy atom. The molecule has 0 fully saturated rings. The summed E-state index contributed by atoms with van der Waals surface area (Å²) in [4.78, 5) is 18.9. The molecule has 0 bridgehead atoms. The van der Waals surface area contributed by atoms with Gasteiger partial charge in [-0.15, -0.1) is 0 Å². The van der Waals surface area contributed by atoms with Gasteiger partial charge in [0.05, 0.1) is 0 Å². The van der Waals surface area contributed by atoms with Crippen LogP contribution in [0.2, 0.25) is 0 Å². The molecule has 62 valence electrons. The van der Waals surface area contributed by atoms with E-state index in [1.54, 1.807) is 0 Å². The molecule has 1 aromatic rings. The van der Waals surface area contributed by atoms with Gasteiger partial charge in [-0.3, -0.25) is 20.2 Å². The Morgan fingerprint density at radius 2 is 1.83 bits per heavy atom. The third-order valence-corrected chi connectivity index (χ3v) is 1.19. The number of nitro groups is 2. The van der Waals surface area contributed by atoms with Crippen molar-refractivity contribution in [2.75, 3.05) is 0 Å². The summed E-state index contributed by atoms with van der Waals surface area (Å²) in [6.45, 7) is 0. The zero-order chi connectivity index (χ0) is 9.14. The molecule has 0 saturated heterocycles. The molecule has 0 atom stereocenters. The van der Waals surface area contributed by atoms with E-state index in [2.05, 4.69) is 6.07 Å². The largest absolute Gasteiger partial charge is 0.270 e. The van der Waals surface area contributed by atoms with Crippen LogP contribution in [0.5, 0.6) is 0 Å². The Hall–Kier alpha value is -1.98. The number of non-ortho nitro benzene ring substituents is 2. The number of benzene rings is 1. The van der Waals surface area contributed by atoms with Gasteiger partial charge in [0.25, 0.3) is 0 Å². The lowest BCUT2D eigenvalue weighted by molar-refractivity contribution is -0.389. The Labute approximate surface area is 66.7 Å². The molecule has 0 aromatic heterocycles. The smallest absolute Gasteiger partial charge is 0.163 e. The summed E-state index contributed by atoms with van der Waals surface area (Å²) in [7, 11) is 0. The minimum absolute atomic E-state index is 0.208. The SMILES string of the molecule is O=[N+]([O-])c1[c-]cc([N+](=O)[O-])cc1. The predicted octanol–water partition coefficient (Wildman–Crippen LogP) is 1.30. The second-order valence-corrected chi connectivity index (χ2v) is 1.95. The lowest BCUT2D eigenvalue weighted by Crippen LogP contribution is -1.90. The van der Waals surface area contributed by atoms with Crippen molar-refractivity contribution in [1.82, 2.24) is 0 Å². The fourth-order valence-corrected chi connectivity index (χ4v) is 0.636. The first-order chi connectivity index (χ1) is 5.61. The second kappa shape index (κ2) is 2.95. The van der Waals surface area contributed by atoms with Gasteiger partial charge in [-0.25, -0.2) is 0 Å². The summed E-state index contributed by atoms with van der Waals surface area (Å²) in [5, 5.41) is 20.2. The van der Waals surface area contributed by atoms with Crippen molar-refractivity contribution in [1.29, 1.82) is 0 Å². The molecule has 0 N–H and O–H groups in total. The van der Waals surface area contributed by atoms with Crippen molar-refractivity contribution in [3.05, 3.63) is 44.5 Å². The van der Waals surface area contributed by atoms with E-state index in [0.717, 1.165) is 18.2 Å². The molecule has 0 radical (unpaired) electrons. The summed E-state index contributed by atoms with van der Waals surface area (Å²) in [6.07, 6.45) is 0. The average Bonchev–Trinajstić information content (AvgIpc) is 2.04. The number of rotatable bonds is 2. The molecule has 0 aliphatic rings. The molecule has 0 aliphatic carbocycles. The van der Waals surface area contributed by atoms with E-state index in [-0.39, 0.29) is 11.4 Å². The fourth-order valence-electron chi connectivity index (χ4n) is 0.636. The molecule has 0 amide bonds. The van der Waals surface area contributed by atoms with Crippen LogP contribution < -0.4 is 0 Å². The Bertz CT molecular complexity index is 286. The van der Waals surface area contributed by atoms with E-state index < -0.39 is 9.85 Å². The van der Waals surface area contributed by atoms with Gasteiger partial charge in [-0.1, -0.05) is 24.3 Å². The Morgan fingerprint density at radius 3 is 2.17 bits per heavy atom. The van der Waals surface area contributed by atoms with Crippen LogP contribution in [-0.2, 0) is 0 Å². The van der Waals surface area contributed by atoms with Crippen LogP contribution in [0.25, 0.3) is 0 Å². The standard InChI is InChI=1S/C6H3N2O4/c9-7(10)5-1-2-6(4-3-5)8(11)12/h1-3H/q-1. The van der Waals surface area contributed by atoms with Gasteiger partial charge in [0.2, 0.25) is 0 Å². The monoisotopic (exact) mass is 167 g/mol. The van der Waals surface area contributed by atoms with Crippen molar-refractivity contribution < 1.29 is 9.85 Å². The summed E-state index contributed by atoms with van der Waals surface area (Å²) < 4.78 is 0. The number of hydrogen-bond acceptors (Lipinski definition) is 4. The first-order valence-corrected chi connectivity index (χ1v) is 2.92. The third kappa shape index (κ3) is 1.54. The van der Waals surface area contributed by atoms with E-state index in [1.807, 2.05) is 0 Å². The molecule has 0 heterocycles. The lowest BCUT2D eigenvalue weighted by atomic mass is 10.3. The maximum atomic E-state index is 10.1. The number of hydrogen-bond donors (Lipinski definition) is 0. The average molecular weight is 167 g/mol. The van der Waals surface area contributed by atoms with Crippen LogP contribution in [0, 0.1) is 26.3 Å². The summed E-state index contributed by atoms with van der Waals surface area (Å²) in [6, 6.07) is 5.25. The molecular formula is C6H3N2O4-. The van der Waals surface area contributed by atoms with Crippen molar-refractivity contribution in [2.45, 2.75) is 0 Å². The maximum Gasteiger partial charge on any atom is 0.163 e. The van der Waals surface area contributed by atoms with Gasteiger partial charge in [-0.05, 0) is 0 Å². The molecule has 0 saturated carbocycles. The van der Waals surface area contributed by atoms with E-state index in [0.29, 0.717) is 0 Å². The maximum absolute atomic E-state index is 10.1. The van der Waals surface area contributed by atoms with Gasteiger partial charge in [0.1, 0.15) is 0 Å². The highest BCUT2D eigenvalue weighted by Gasteiger charge is 1.99. The highest BCUT2D eigenvalue weighted by atomic mass is 16.6. The van der Waals surface area contributed by atoms with Crippen molar-refractivity contribution in [3.8, 4) is 0 Å². The van der Waals surface area contributed by atoms with Crippen LogP contribution >= 0.6 is 0 Å². The molecule has 1 rings (SSSR count). The van der Waals surface area contributed by atoms with E-state index in [1.165, 1.54) is 0 Å². The molecule has 0 unspecified atom stereocenters. The van der Waals surface area contributed by atoms with E-state index in [4.69, 9.17) is 0 Å². The minimum Gasteiger partial charge on any atom is -0.270 e. The van der Waals surface area contributed by atoms with Gasteiger partial charge in [0.15, 0.2) is 11.4 Å². The quantitative estimate of drug-likeness (QED) is 0.377. The summed E-state index contributed by atoms with van der Waals surface area (Å²) in [5.74, 6) is 0. The first kappa shape index (κ1) is 8.12. The van der Waals surface area contributed by atoms with E-state index >= 15 is 0 Å². The number of nitrogens with zero attached hydrogens (tertiary/aromatic N) is 2. The van der Waals surface area contributed by atoms with Gasteiger partial charge in [-0.2, -0.15) is 0 Å². The Balaban J connectivity index is 3.01. The lowest BCUT2D eigenvalue weighted by Gasteiger charge is -1.98. The molecular weight excluding hydrogens is 164 g/mol. The Kier molecular flexibility index (Phi) is 2.00. The second-order valence-electron chi connectivity index (χ2n) is 1.95. The molecule has 0 aliphatic heterocycles. The molecule has 6 heteroatoms. The zero-order valence-electron chi connectivity index (χ0n) is 5.76. The van der Waals surface area contributed by atoms with Gasteiger partial charge < -0.3 is 0 Å². The van der Waals surface area contributed by atoms with Gasteiger partial charge in [0, 0.05) is 9.85 Å². The third-order valence-electron chi connectivity index (χ3n) is 1.19. The van der Waals surface area contributed by atoms with Gasteiger partial charge >= 0.3 is 0 Å². The highest BCUT2D eigenvalue weighted by Crippen LogP contribution is 2.15.